The summed E-state index contributed by atoms with van der Waals surface area (Å²) in [6, 6.07) is 14.6. The number of hydrazine groups is 2. The second-order valence-electron chi connectivity index (χ2n) is 5.12. The van der Waals surface area contributed by atoms with Gasteiger partial charge < -0.3 is 0 Å². The molecule has 0 spiro atoms. The molecular weight excluding hydrogens is 304 g/mol. The Labute approximate surface area is 141 Å². The van der Waals surface area contributed by atoms with Crippen LogP contribution in [0.4, 0.5) is 0 Å². The summed E-state index contributed by atoms with van der Waals surface area (Å²) in [5.74, 6) is -0.335. The van der Waals surface area contributed by atoms with Gasteiger partial charge in [0.15, 0.2) is 0 Å². The zero-order valence-corrected chi connectivity index (χ0v) is 13.8. The fourth-order valence-electron chi connectivity index (χ4n) is 2.11. The highest BCUT2D eigenvalue weighted by molar-refractivity contribution is 5.95. The van der Waals surface area contributed by atoms with E-state index in [1.165, 1.54) is 0 Å². The lowest BCUT2D eigenvalue weighted by molar-refractivity contribution is 0.0926. The highest BCUT2D eigenvalue weighted by Gasteiger charge is 2.07. The second-order valence-corrected chi connectivity index (χ2v) is 5.12. The van der Waals surface area contributed by atoms with E-state index in [2.05, 4.69) is 21.7 Å². The number of nitrogens with one attached hydrogen (secondary N) is 4. The lowest BCUT2D eigenvalue weighted by Crippen LogP contribution is -2.37. The van der Waals surface area contributed by atoms with Gasteiger partial charge in [0.05, 0.1) is 0 Å². The summed E-state index contributed by atoms with van der Waals surface area (Å²) in [6.45, 7) is 5.15. The number of amides is 2. The predicted molar refractivity (Wildman–Crippen MR) is 94.2 cm³/mol. The van der Waals surface area contributed by atoms with Crippen LogP contribution >= 0.6 is 0 Å². The molecule has 4 N–H and O–H groups in total. The monoisotopic (exact) mass is 326 g/mol. The van der Waals surface area contributed by atoms with E-state index < -0.39 is 0 Å². The van der Waals surface area contributed by atoms with Crippen LogP contribution in [-0.4, -0.2) is 24.9 Å². The molecular formula is C18H22N4O2. The number of rotatable bonds is 7. The van der Waals surface area contributed by atoms with E-state index in [1.54, 1.807) is 24.3 Å². The number of carbonyl (C=O) groups is 2. The van der Waals surface area contributed by atoms with Gasteiger partial charge in [-0.1, -0.05) is 38.1 Å². The Morgan fingerprint density at radius 3 is 1.29 bits per heavy atom. The smallest absolute Gasteiger partial charge is 0.265 e. The molecule has 0 aliphatic carbocycles. The zero-order valence-electron chi connectivity index (χ0n) is 13.8. The normalized spacial score (nSPS) is 10.2. The maximum Gasteiger partial charge on any atom is 0.265 e. The average molecular weight is 326 g/mol. The van der Waals surface area contributed by atoms with E-state index in [0.717, 1.165) is 11.1 Å². The first-order chi connectivity index (χ1) is 11.7. The van der Waals surface area contributed by atoms with Gasteiger partial charge in [0.1, 0.15) is 0 Å². The first kappa shape index (κ1) is 17.7. The Kier molecular flexibility index (Phi) is 6.48. The second kappa shape index (κ2) is 8.81. The Bertz CT molecular complexity index is 620. The van der Waals surface area contributed by atoms with Crippen molar-refractivity contribution in [2.24, 2.45) is 0 Å². The molecule has 0 aliphatic heterocycles. The minimum atomic E-state index is -0.168. The number of hydrogen-bond acceptors (Lipinski definition) is 4. The molecule has 0 fully saturated rings. The third kappa shape index (κ3) is 4.65. The van der Waals surface area contributed by atoms with Gasteiger partial charge in [-0.3, -0.25) is 20.4 Å². The van der Waals surface area contributed by atoms with Crippen LogP contribution in [0.15, 0.2) is 48.5 Å². The van der Waals surface area contributed by atoms with Crippen LogP contribution in [0.5, 0.6) is 0 Å². The minimum Gasteiger partial charge on any atom is -0.287 e. The van der Waals surface area contributed by atoms with Crippen molar-refractivity contribution in [1.82, 2.24) is 21.7 Å². The number of benzene rings is 2. The van der Waals surface area contributed by atoms with Crippen LogP contribution < -0.4 is 21.7 Å². The Hall–Kier alpha value is -2.70. The molecule has 0 aromatic heterocycles. The quantitative estimate of drug-likeness (QED) is 0.585. The molecule has 24 heavy (non-hydrogen) atoms. The average Bonchev–Trinajstić information content (AvgIpc) is 2.64. The molecule has 0 radical (unpaired) electrons. The summed E-state index contributed by atoms with van der Waals surface area (Å²) >= 11 is 0. The minimum absolute atomic E-state index is 0.168. The Morgan fingerprint density at radius 2 is 1.00 bits per heavy atom. The van der Waals surface area contributed by atoms with Crippen molar-refractivity contribution in [2.75, 3.05) is 13.1 Å². The lowest BCUT2D eigenvalue weighted by Gasteiger charge is -2.08. The van der Waals surface area contributed by atoms with Gasteiger partial charge >= 0.3 is 0 Å². The van der Waals surface area contributed by atoms with Crippen molar-refractivity contribution in [3.8, 4) is 11.1 Å². The molecule has 0 bridgehead atoms. The highest BCUT2D eigenvalue weighted by Crippen LogP contribution is 2.20. The molecule has 6 nitrogen and oxygen atoms in total. The topological polar surface area (TPSA) is 82.3 Å². The summed E-state index contributed by atoms with van der Waals surface area (Å²) in [7, 11) is 0. The third-order valence-electron chi connectivity index (χ3n) is 3.38. The summed E-state index contributed by atoms with van der Waals surface area (Å²) < 4.78 is 0. The van der Waals surface area contributed by atoms with Crippen molar-refractivity contribution in [2.45, 2.75) is 13.8 Å². The van der Waals surface area contributed by atoms with E-state index in [4.69, 9.17) is 0 Å². The largest absolute Gasteiger partial charge is 0.287 e. The SMILES string of the molecule is CCNNC(=O)c1ccc(-c2ccc(C(=O)NNCC)cc2)cc1. The van der Waals surface area contributed by atoms with E-state index in [-0.39, 0.29) is 11.8 Å². The summed E-state index contributed by atoms with van der Waals surface area (Å²) in [6.07, 6.45) is 0. The van der Waals surface area contributed by atoms with Crippen molar-refractivity contribution in [1.29, 1.82) is 0 Å². The number of hydrogen-bond donors (Lipinski definition) is 4. The predicted octanol–water partition coefficient (Wildman–Crippen LogP) is 1.86. The van der Waals surface area contributed by atoms with Crippen LogP contribution in [0, 0.1) is 0 Å². The van der Waals surface area contributed by atoms with Crippen molar-refractivity contribution in [3.63, 3.8) is 0 Å². The maximum absolute atomic E-state index is 11.8. The lowest BCUT2D eigenvalue weighted by atomic mass is 10.0. The summed E-state index contributed by atoms with van der Waals surface area (Å²) in [5.41, 5.74) is 13.9. The first-order valence-electron chi connectivity index (χ1n) is 7.92. The summed E-state index contributed by atoms with van der Waals surface area (Å²) in [4.78, 5) is 23.7. The van der Waals surface area contributed by atoms with E-state index in [1.807, 2.05) is 38.1 Å². The van der Waals surface area contributed by atoms with Crippen LogP contribution in [0.2, 0.25) is 0 Å². The van der Waals surface area contributed by atoms with Crippen molar-refractivity contribution in [3.05, 3.63) is 59.7 Å². The van der Waals surface area contributed by atoms with Gasteiger partial charge in [-0.05, 0) is 35.4 Å². The van der Waals surface area contributed by atoms with Crippen LogP contribution in [0.1, 0.15) is 34.6 Å². The molecule has 0 saturated heterocycles. The van der Waals surface area contributed by atoms with Crippen LogP contribution in [0.3, 0.4) is 0 Å². The third-order valence-corrected chi connectivity index (χ3v) is 3.38. The molecule has 0 atom stereocenters. The molecule has 2 rings (SSSR count). The van der Waals surface area contributed by atoms with Crippen molar-refractivity contribution >= 4 is 11.8 Å². The van der Waals surface area contributed by atoms with E-state index in [9.17, 15) is 9.59 Å². The molecule has 0 heterocycles. The first-order valence-corrected chi connectivity index (χ1v) is 7.92. The standard InChI is InChI=1S/C18H22N4O2/c1-3-19-21-17(23)15-9-5-13(6-10-15)14-7-11-16(12-8-14)18(24)22-20-4-2/h5-12,19-20H,3-4H2,1-2H3,(H,21,23)(H,22,24). The van der Waals surface area contributed by atoms with Gasteiger partial charge in [-0.25, -0.2) is 10.9 Å². The molecule has 0 saturated carbocycles. The fraction of sp³-hybridized carbons (Fsp3) is 0.222. The molecule has 2 aromatic rings. The molecule has 2 amide bonds. The molecule has 126 valence electrons. The van der Waals surface area contributed by atoms with Crippen molar-refractivity contribution < 1.29 is 9.59 Å². The van der Waals surface area contributed by atoms with Crippen LogP contribution in [0.25, 0.3) is 11.1 Å². The molecule has 0 unspecified atom stereocenters. The van der Waals surface area contributed by atoms with Gasteiger partial charge in [-0.2, -0.15) is 0 Å². The summed E-state index contributed by atoms with van der Waals surface area (Å²) in [5, 5.41) is 0. The number of carbonyl (C=O) groups excluding carboxylic acids is 2. The fourth-order valence-corrected chi connectivity index (χ4v) is 2.11. The Morgan fingerprint density at radius 1 is 0.667 bits per heavy atom. The highest BCUT2D eigenvalue weighted by atomic mass is 16.2. The van der Waals surface area contributed by atoms with E-state index >= 15 is 0 Å². The van der Waals surface area contributed by atoms with Gasteiger partial charge in [0.25, 0.3) is 11.8 Å². The zero-order chi connectivity index (χ0) is 17.4. The van der Waals surface area contributed by atoms with E-state index in [0.29, 0.717) is 24.2 Å². The van der Waals surface area contributed by atoms with Gasteiger partial charge in [-0.15, -0.1) is 0 Å². The maximum atomic E-state index is 11.8. The molecule has 0 aliphatic rings. The van der Waals surface area contributed by atoms with Crippen LogP contribution in [-0.2, 0) is 0 Å². The Balaban J connectivity index is 2.06. The molecule has 2 aromatic carbocycles. The van der Waals surface area contributed by atoms with Gasteiger partial charge in [0.2, 0.25) is 0 Å². The molecule has 6 heteroatoms. The van der Waals surface area contributed by atoms with Gasteiger partial charge in [0, 0.05) is 24.2 Å².